The van der Waals surface area contributed by atoms with Crippen molar-refractivity contribution in [3.05, 3.63) is 0 Å². The van der Waals surface area contributed by atoms with Gasteiger partial charge >= 0.3 is 5.97 Å². The molecule has 11 heavy (non-hydrogen) atoms. The first-order chi connectivity index (χ1) is 5.20. The van der Waals surface area contributed by atoms with Crippen molar-refractivity contribution in [2.45, 2.75) is 19.8 Å². The van der Waals surface area contributed by atoms with Gasteiger partial charge < -0.3 is 4.74 Å². The Balaban J connectivity index is 3.44. The van der Waals surface area contributed by atoms with Gasteiger partial charge in [0.15, 0.2) is 5.78 Å². The largest absolute Gasteiger partial charge is 0.465 e. The molecule has 0 aliphatic rings. The summed E-state index contributed by atoms with van der Waals surface area (Å²) >= 11 is 5.17. The maximum Gasteiger partial charge on any atom is 0.313 e. The standard InChI is InChI=1S/C7H11ClO3/c1-2-3-11-7(10)4-6(9)5-8/h2-5H2,1H3. The summed E-state index contributed by atoms with van der Waals surface area (Å²) in [7, 11) is 0. The third-order valence-electron chi connectivity index (χ3n) is 0.958. The summed E-state index contributed by atoms with van der Waals surface area (Å²) in [5.74, 6) is -0.911. The average molecular weight is 179 g/mol. The number of hydrogen-bond acceptors (Lipinski definition) is 3. The van der Waals surface area contributed by atoms with E-state index in [4.69, 9.17) is 11.6 Å². The second-order valence-electron chi connectivity index (χ2n) is 2.07. The molecule has 0 aromatic carbocycles. The summed E-state index contributed by atoms with van der Waals surface area (Å²) in [5, 5.41) is 0. The van der Waals surface area contributed by atoms with E-state index in [-0.39, 0.29) is 18.1 Å². The Labute approximate surface area is 70.7 Å². The van der Waals surface area contributed by atoms with Gasteiger partial charge in [0.25, 0.3) is 0 Å². The SMILES string of the molecule is CCCOC(=O)CC(=O)CCl. The molecule has 0 bridgehead atoms. The van der Waals surface area contributed by atoms with Crippen LogP contribution < -0.4 is 0 Å². The molecule has 0 amide bonds. The number of esters is 1. The number of Topliss-reactive ketones (excluding diaryl/α,β-unsaturated/α-hetero) is 1. The van der Waals surface area contributed by atoms with Crippen LogP contribution in [-0.2, 0) is 14.3 Å². The topological polar surface area (TPSA) is 43.4 Å². The van der Waals surface area contributed by atoms with Gasteiger partial charge in [0.1, 0.15) is 6.42 Å². The molecule has 0 aromatic heterocycles. The molecule has 0 heterocycles. The zero-order chi connectivity index (χ0) is 8.69. The monoisotopic (exact) mass is 178 g/mol. The lowest BCUT2D eigenvalue weighted by molar-refractivity contribution is -0.145. The minimum atomic E-state index is -0.488. The van der Waals surface area contributed by atoms with E-state index in [1.807, 2.05) is 6.92 Å². The van der Waals surface area contributed by atoms with Crippen LogP contribution in [-0.4, -0.2) is 24.2 Å². The molecule has 0 saturated heterocycles. The Hall–Kier alpha value is -0.570. The lowest BCUT2D eigenvalue weighted by atomic mass is 10.3. The number of halogens is 1. The molecule has 64 valence electrons. The maximum absolute atomic E-state index is 10.7. The van der Waals surface area contributed by atoms with Crippen LogP contribution in [0, 0.1) is 0 Å². The van der Waals surface area contributed by atoms with Crippen LogP contribution in [0.5, 0.6) is 0 Å². The van der Waals surface area contributed by atoms with Gasteiger partial charge in [-0.15, -0.1) is 11.6 Å². The third-order valence-corrected chi connectivity index (χ3v) is 1.26. The summed E-state index contributed by atoms with van der Waals surface area (Å²) in [6.45, 7) is 2.26. The van der Waals surface area contributed by atoms with Crippen molar-refractivity contribution >= 4 is 23.4 Å². The molecule has 0 aliphatic carbocycles. The van der Waals surface area contributed by atoms with Crippen molar-refractivity contribution in [2.24, 2.45) is 0 Å². The normalized spacial score (nSPS) is 9.27. The molecular weight excluding hydrogens is 168 g/mol. The number of alkyl halides is 1. The average Bonchev–Trinajstić information content (AvgIpc) is 2.00. The molecule has 0 fully saturated rings. The lowest BCUT2D eigenvalue weighted by Gasteiger charge is -1.99. The first kappa shape index (κ1) is 10.4. The van der Waals surface area contributed by atoms with E-state index in [0.29, 0.717) is 6.61 Å². The molecule has 0 rings (SSSR count). The van der Waals surface area contributed by atoms with E-state index >= 15 is 0 Å². The highest BCUT2D eigenvalue weighted by Gasteiger charge is 2.08. The molecule has 0 atom stereocenters. The highest BCUT2D eigenvalue weighted by Crippen LogP contribution is 1.91. The minimum absolute atomic E-state index is 0.124. The Morgan fingerprint density at radius 1 is 1.45 bits per heavy atom. The highest BCUT2D eigenvalue weighted by molar-refractivity contribution is 6.28. The van der Waals surface area contributed by atoms with Gasteiger partial charge in [-0.3, -0.25) is 9.59 Å². The van der Waals surface area contributed by atoms with E-state index in [0.717, 1.165) is 6.42 Å². The second kappa shape index (κ2) is 6.16. The molecule has 0 radical (unpaired) electrons. The molecule has 0 saturated carbocycles. The van der Waals surface area contributed by atoms with Gasteiger partial charge in [-0.25, -0.2) is 0 Å². The van der Waals surface area contributed by atoms with Crippen LogP contribution in [0.2, 0.25) is 0 Å². The minimum Gasteiger partial charge on any atom is -0.465 e. The lowest BCUT2D eigenvalue weighted by Crippen LogP contribution is -2.12. The summed E-state index contributed by atoms with van der Waals surface area (Å²) in [6.07, 6.45) is 0.560. The van der Waals surface area contributed by atoms with Crippen LogP contribution >= 0.6 is 11.6 Å². The summed E-state index contributed by atoms with van der Waals surface area (Å²) in [6, 6.07) is 0. The van der Waals surface area contributed by atoms with Crippen molar-refractivity contribution in [3.63, 3.8) is 0 Å². The van der Waals surface area contributed by atoms with Gasteiger partial charge in [0, 0.05) is 0 Å². The van der Waals surface area contributed by atoms with E-state index in [9.17, 15) is 9.59 Å². The maximum atomic E-state index is 10.7. The van der Waals surface area contributed by atoms with E-state index in [1.54, 1.807) is 0 Å². The van der Waals surface area contributed by atoms with E-state index < -0.39 is 5.97 Å². The van der Waals surface area contributed by atoms with Gasteiger partial charge in [-0.1, -0.05) is 6.92 Å². The van der Waals surface area contributed by atoms with Crippen LogP contribution in [0.4, 0.5) is 0 Å². The molecule has 3 nitrogen and oxygen atoms in total. The van der Waals surface area contributed by atoms with Gasteiger partial charge in [0.2, 0.25) is 0 Å². The first-order valence-electron chi connectivity index (χ1n) is 3.44. The van der Waals surface area contributed by atoms with Crippen LogP contribution in [0.1, 0.15) is 19.8 Å². The van der Waals surface area contributed by atoms with Gasteiger partial charge in [-0.05, 0) is 6.42 Å². The van der Waals surface area contributed by atoms with Crippen molar-refractivity contribution < 1.29 is 14.3 Å². The molecule has 0 unspecified atom stereocenters. The third kappa shape index (κ3) is 5.85. The van der Waals surface area contributed by atoms with Crippen LogP contribution in [0.3, 0.4) is 0 Å². The molecule has 0 N–H and O–H groups in total. The fraction of sp³-hybridized carbons (Fsp3) is 0.714. The summed E-state index contributed by atoms with van der Waals surface area (Å²) in [4.78, 5) is 21.2. The Bertz CT molecular complexity index is 145. The van der Waals surface area contributed by atoms with Crippen molar-refractivity contribution in [1.29, 1.82) is 0 Å². The van der Waals surface area contributed by atoms with Crippen LogP contribution in [0.15, 0.2) is 0 Å². The van der Waals surface area contributed by atoms with Crippen LogP contribution in [0.25, 0.3) is 0 Å². The van der Waals surface area contributed by atoms with Crippen molar-refractivity contribution in [2.75, 3.05) is 12.5 Å². The first-order valence-corrected chi connectivity index (χ1v) is 3.97. The van der Waals surface area contributed by atoms with Gasteiger partial charge in [-0.2, -0.15) is 0 Å². The van der Waals surface area contributed by atoms with E-state index in [1.165, 1.54) is 0 Å². The zero-order valence-electron chi connectivity index (χ0n) is 6.43. The molecular formula is C7H11ClO3. The molecule has 0 aromatic rings. The van der Waals surface area contributed by atoms with Crippen molar-refractivity contribution in [1.82, 2.24) is 0 Å². The molecule has 4 heteroatoms. The Kier molecular flexibility index (Phi) is 5.84. The number of rotatable bonds is 5. The highest BCUT2D eigenvalue weighted by atomic mass is 35.5. The fourth-order valence-corrected chi connectivity index (χ4v) is 0.570. The summed E-state index contributed by atoms with van der Waals surface area (Å²) < 4.78 is 4.65. The predicted octanol–water partition coefficient (Wildman–Crippen LogP) is 1.14. The number of hydrogen-bond donors (Lipinski definition) is 0. The fourth-order valence-electron chi connectivity index (χ4n) is 0.475. The number of carbonyl (C=O) groups excluding carboxylic acids is 2. The molecule has 0 aliphatic heterocycles. The zero-order valence-corrected chi connectivity index (χ0v) is 7.19. The van der Waals surface area contributed by atoms with Crippen molar-refractivity contribution in [3.8, 4) is 0 Å². The Morgan fingerprint density at radius 2 is 2.09 bits per heavy atom. The quantitative estimate of drug-likeness (QED) is 0.360. The number of ketones is 1. The number of carbonyl (C=O) groups is 2. The Morgan fingerprint density at radius 3 is 2.55 bits per heavy atom. The molecule has 0 spiro atoms. The number of ether oxygens (including phenoxy) is 1. The summed E-state index contributed by atoms with van der Waals surface area (Å²) in [5.41, 5.74) is 0. The predicted molar refractivity (Wildman–Crippen MR) is 41.6 cm³/mol. The van der Waals surface area contributed by atoms with E-state index in [2.05, 4.69) is 4.74 Å². The second-order valence-corrected chi connectivity index (χ2v) is 2.34. The smallest absolute Gasteiger partial charge is 0.313 e. The van der Waals surface area contributed by atoms with Gasteiger partial charge in [0.05, 0.1) is 12.5 Å².